The summed E-state index contributed by atoms with van der Waals surface area (Å²) in [7, 11) is 0. The second-order valence-corrected chi connectivity index (χ2v) is 3.70. The zero-order chi connectivity index (χ0) is 10.0. The molecule has 1 aliphatic carbocycles. The number of hydrogen-bond acceptors (Lipinski definition) is 5. The van der Waals surface area contributed by atoms with Crippen LogP contribution in [0, 0.1) is 0 Å². The molecule has 0 saturated heterocycles. The van der Waals surface area contributed by atoms with Crippen molar-refractivity contribution in [2.24, 2.45) is 0 Å². The molecule has 0 amide bonds. The van der Waals surface area contributed by atoms with Gasteiger partial charge in [-0.3, -0.25) is 0 Å². The molecule has 0 radical (unpaired) electrons. The van der Waals surface area contributed by atoms with Crippen LogP contribution in [0.3, 0.4) is 0 Å². The average molecular weight is 194 g/mol. The number of anilines is 2. The van der Waals surface area contributed by atoms with Crippen molar-refractivity contribution in [3.8, 4) is 0 Å². The van der Waals surface area contributed by atoms with Crippen molar-refractivity contribution in [3.63, 3.8) is 0 Å². The summed E-state index contributed by atoms with van der Waals surface area (Å²) in [6.07, 6.45) is 6.62. The lowest BCUT2D eigenvalue weighted by Crippen LogP contribution is -2.35. The molecular formula is C9H14N4O. The molecule has 0 aromatic carbocycles. The van der Waals surface area contributed by atoms with Crippen LogP contribution in [0.2, 0.25) is 0 Å². The van der Waals surface area contributed by atoms with Crippen LogP contribution in [-0.4, -0.2) is 20.8 Å². The first-order valence-electron chi connectivity index (χ1n) is 4.76. The third-order valence-electron chi connectivity index (χ3n) is 2.45. The SMILES string of the molecule is Nc1cnc(NC2(O)CCCC2)nc1. The molecule has 1 fully saturated rings. The van der Waals surface area contributed by atoms with E-state index in [2.05, 4.69) is 15.3 Å². The van der Waals surface area contributed by atoms with Gasteiger partial charge in [-0.2, -0.15) is 0 Å². The van der Waals surface area contributed by atoms with E-state index in [1.165, 1.54) is 12.4 Å². The van der Waals surface area contributed by atoms with Crippen LogP contribution in [0.25, 0.3) is 0 Å². The van der Waals surface area contributed by atoms with Gasteiger partial charge >= 0.3 is 0 Å². The van der Waals surface area contributed by atoms with Crippen LogP contribution in [0.15, 0.2) is 12.4 Å². The summed E-state index contributed by atoms with van der Waals surface area (Å²) in [5, 5.41) is 12.9. The van der Waals surface area contributed by atoms with Crippen LogP contribution >= 0.6 is 0 Å². The Kier molecular flexibility index (Phi) is 2.25. The van der Waals surface area contributed by atoms with E-state index in [4.69, 9.17) is 5.73 Å². The lowest BCUT2D eigenvalue weighted by molar-refractivity contribution is 0.0770. The van der Waals surface area contributed by atoms with Gasteiger partial charge in [0.15, 0.2) is 0 Å². The first-order chi connectivity index (χ1) is 6.68. The Morgan fingerprint density at radius 1 is 1.29 bits per heavy atom. The average Bonchev–Trinajstić information content (AvgIpc) is 2.57. The van der Waals surface area contributed by atoms with Crippen LogP contribution < -0.4 is 11.1 Å². The van der Waals surface area contributed by atoms with Gasteiger partial charge in [-0.25, -0.2) is 9.97 Å². The molecule has 1 aromatic heterocycles. The maximum Gasteiger partial charge on any atom is 0.224 e. The van der Waals surface area contributed by atoms with Crippen molar-refractivity contribution >= 4 is 11.6 Å². The highest BCUT2D eigenvalue weighted by molar-refractivity contribution is 5.37. The third kappa shape index (κ3) is 1.93. The van der Waals surface area contributed by atoms with Crippen LogP contribution in [0.5, 0.6) is 0 Å². The van der Waals surface area contributed by atoms with Gasteiger partial charge in [0, 0.05) is 0 Å². The van der Waals surface area contributed by atoms with Crippen molar-refractivity contribution < 1.29 is 5.11 Å². The Bertz CT molecular complexity index is 305. The van der Waals surface area contributed by atoms with E-state index >= 15 is 0 Å². The van der Waals surface area contributed by atoms with E-state index in [0.29, 0.717) is 11.6 Å². The Hall–Kier alpha value is -1.36. The molecule has 2 rings (SSSR count). The van der Waals surface area contributed by atoms with Gasteiger partial charge < -0.3 is 16.2 Å². The summed E-state index contributed by atoms with van der Waals surface area (Å²) < 4.78 is 0. The number of nitrogens with zero attached hydrogens (tertiary/aromatic N) is 2. The largest absolute Gasteiger partial charge is 0.396 e. The summed E-state index contributed by atoms with van der Waals surface area (Å²) in [6.45, 7) is 0. The van der Waals surface area contributed by atoms with Crippen molar-refractivity contribution in [1.29, 1.82) is 0 Å². The maximum absolute atomic E-state index is 9.99. The third-order valence-corrected chi connectivity index (χ3v) is 2.45. The molecule has 5 nitrogen and oxygen atoms in total. The Morgan fingerprint density at radius 3 is 2.43 bits per heavy atom. The molecule has 1 aromatic rings. The van der Waals surface area contributed by atoms with Crippen molar-refractivity contribution in [2.75, 3.05) is 11.1 Å². The van der Waals surface area contributed by atoms with E-state index in [-0.39, 0.29) is 0 Å². The Morgan fingerprint density at radius 2 is 1.86 bits per heavy atom. The van der Waals surface area contributed by atoms with Gasteiger partial charge in [0.2, 0.25) is 5.95 Å². The molecule has 1 heterocycles. The zero-order valence-corrected chi connectivity index (χ0v) is 7.90. The topological polar surface area (TPSA) is 84.1 Å². The monoisotopic (exact) mass is 194 g/mol. The van der Waals surface area contributed by atoms with Gasteiger partial charge in [0.05, 0.1) is 18.1 Å². The highest BCUT2D eigenvalue weighted by Gasteiger charge is 2.31. The van der Waals surface area contributed by atoms with Crippen molar-refractivity contribution in [2.45, 2.75) is 31.4 Å². The molecule has 4 N–H and O–H groups in total. The summed E-state index contributed by atoms with van der Waals surface area (Å²) in [6, 6.07) is 0. The van der Waals surface area contributed by atoms with Crippen LogP contribution in [0.1, 0.15) is 25.7 Å². The number of aromatic nitrogens is 2. The molecule has 76 valence electrons. The summed E-state index contributed by atoms with van der Waals surface area (Å²) in [5.74, 6) is 0.434. The van der Waals surface area contributed by atoms with Gasteiger partial charge in [-0.1, -0.05) is 0 Å². The summed E-state index contributed by atoms with van der Waals surface area (Å²) in [5.41, 5.74) is 5.15. The lowest BCUT2D eigenvalue weighted by atomic mass is 10.2. The summed E-state index contributed by atoms with van der Waals surface area (Å²) in [4.78, 5) is 7.96. The number of nitrogen functional groups attached to an aromatic ring is 1. The second kappa shape index (κ2) is 3.42. The summed E-state index contributed by atoms with van der Waals surface area (Å²) >= 11 is 0. The van der Waals surface area contributed by atoms with Crippen molar-refractivity contribution in [3.05, 3.63) is 12.4 Å². The minimum absolute atomic E-state index is 0.434. The van der Waals surface area contributed by atoms with E-state index in [1.54, 1.807) is 0 Å². The molecule has 0 atom stereocenters. The fourth-order valence-corrected chi connectivity index (χ4v) is 1.70. The molecule has 0 bridgehead atoms. The first-order valence-corrected chi connectivity index (χ1v) is 4.76. The number of nitrogens with two attached hydrogens (primary N) is 1. The fraction of sp³-hybridized carbons (Fsp3) is 0.556. The first kappa shape index (κ1) is 9.21. The molecule has 0 spiro atoms. The number of nitrogens with one attached hydrogen (secondary N) is 1. The molecule has 5 heteroatoms. The molecule has 1 aliphatic rings. The zero-order valence-electron chi connectivity index (χ0n) is 7.90. The molecule has 1 saturated carbocycles. The quantitative estimate of drug-likeness (QED) is 0.604. The highest BCUT2D eigenvalue weighted by Crippen LogP contribution is 2.29. The van der Waals surface area contributed by atoms with Crippen molar-refractivity contribution in [1.82, 2.24) is 9.97 Å². The van der Waals surface area contributed by atoms with Gasteiger partial charge in [-0.15, -0.1) is 0 Å². The molecule has 0 unspecified atom stereocenters. The molecule has 0 aliphatic heterocycles. The highest BCUT2D eigenvalue weighted by atomic mass is 16.3. The predicted octanol–water partition coefficient (Wildman–Crippen LogP) is 0.733. The van der Waals surface area contributed by atoms with E-state index in [1.807, 2.05) is 0 Å². The lowest BCUT2D eigenvalue weighted by Gasteiger charge is -2.23. The minimum atomic E-state index is -0.823. The standard InChI is InChI=1S/C9H14N4O/c10-7-5-11-8(12-6-7)13-9(14)3-1-2-4-9/h5-6,14H,1-4,10H2,(H,11,12,13). The smallest absolute Gasteiger partial charge is 0.224 e. The molecule has 14 heavy (non-hydrogen) atoms. The van der Waals surface area contributed by atoms with Gasteiger partial charge in [-0.05, 0) is 25.7 Å². The number of rotatable bonds is 2. The predicted molar refractivity (Wildman–Crippen MR) is 53.5 cm³/mol. The number of aliphatic hydroxyl groups is 1. The fourth-order valence-electron chi connectivity index (χ4n) is 1.70. The van der Waals surface area contributed by atoms with E-state index in [9.17, 15) is 5.11 Å². The van der Waals surface area contributed by atoms with E-state index in [0.717, 1.165) is 25.7 Å². The van der Waals surface area contributed by atoms with Crippen LogP contribution in [-0.2, 0) is 0 Å². The van der Waals surface area contributed by atoms with Gasteiger partial charge in [0.1, 0.15) is 5.72 Å². The molecular weight excluding hydrogens is 180 g/mol. The van der Waals surface area contributed by atoms with Crippen LogP contribution in [0.4, 0.5) is 11.6 Å². The van der Waals surface area contributed by atoms with E-state index < -0.39 is 5.72 Å². The minimum Gasteiger partial charge on any atom is -0.396 e. The normalized spacial score (nSPS) is 19.5. The van der Waals surface area contributed by atoms with Gasteiger partial charge in [0.25, 0.3) is 0 Å². The second-order valence-electron chi connectivity index (χ2n) is 3.70. The maximum atomic E-state index is 9.99. The Balaban J connectivity index is 2.06. The number of hydrogen-bond donors (Lipinski definition) is 3. The Labute approximate surface area is 82.4 Å².